The van der Waals surface area contributed by atoms with Gasteiger partial charge in [-0.3, -0.25) is 4.79 Å². The van der Waals surface area contributed by atoms with Crippen LogP contribution in [0.15, 0.2) is 60.8 Å². The summed E-state index contributed by atoms with van der Waals surface area (Å²) in [5, 5.41) is 5.34. The van der Waals surface area contributed by atoms with E-state index < -0.39 is 23.5 Å². The molecule has 254 valence electrons. The minimum absolute atomic E-state index is 0.0723. The molecular formula is C34H35ClF4N6O3. The molecule has 1 fully saturated rings. The number of carbonyl (C=O) groups is 1. The van der Waals surface area contributed by atoms with Gasteiger partial charge >= 0.3 is 6.18 Å². The first kappa shape index (κ1) is 34.9. The highest BCUT2D eigenvalue weighted by atomic mass is 35.5. The van der Waals surface area contributed by atoms with Gasteiger partial charge in [0.15, 0.2) is 11.6 Å². The fraction of sp³-hybridized carbons (Fsp3) is 0.324. The molecule has 9 nitrogen and oxygen atoms in total. The molecule has 4 aromatic rings. The molecule has 1 saturated heterocycles. The molecule has 2 heterocycles. The molecule has 1 aliphatic heterocycles. The molecule has 1 aliphatic rings. The summed E-state index contributed by atoms with van der Waals surface area (Å²) in [6.45, 7) is 8.92. The zero-order chi connectivity index (χ0) is 34.4. The number of piperazine rings is 1. The van der Waals surface area contributed by atoms with Crippen molar-refractivity contribution < 1.29 is 31.8 Å². The largest absolute Gasteiger partial charge is 0.490 e. The Morgan fingerprint density at radius 3 is 2.38 bits per heavy atom. The molecule has 1 amide bonds. The first-order valence-electron chi connectivity index (χ1n) is 15.3. The predicted molar refractivity (Wildman–Crippen MR) is 176 cm³/mol. The van der Waals surface area contributed by atoms with Gasteiger partial charge in [0.25, 0.3) is 5.91 Å². The number of anilines is 3. The number of nitrogens with zero attached hydrogens (tertiary/aromatic N) is 4. The van der Waals surface area contributed by atoms with Crippen LogP contribution < -0.4 is 20.1 Å². The van der Waals surface area contributed by atoms with Crippen molar-refractivity contribution in [2.24, 2.45) is 0 Å². The summed E-state index contributed by atoms with van der Waals surface area (Å²) in [5.41, 5.74) is 1.37. The molecule has 1 aromatic heterocycles. The molecular weight excluding hydrogens is 652 g/mol. The Labute approximate surface area is 280 Å². The smallest absolute Gasteiger partial charge is 0.416 e. The number of alkyl halides is 3. The van der Waals surface area contributed by atoms with Crippen molar-refractivity contribution in [1.82, 2.24) is 19.8 Å². The van der Waals surface area contributed by atoms with E-state index in [1.165, 1.54) is 18.3 Å². The van der Waals surface area contributed by atoms with Gasteiger partial charge < -0.3 is 29.9 Å². The van der Waals surface area contributed by atoms with Crippen LogP contribution in [0.25, 0.3) is 0 Å². The van der Waals surface area contributed by atoms with Gasteiger partial charge in [0.05, 0.1) is 17.2 Å². The number of ether oxygens (including phenoxy) is 2. The number of aromatic nitrogens is 2. The molecule has 0 saturated carbocycles. The van der Waals surface area contributed by atoms with Crippen LogP contribution in [0.5, 0.6) is 17.4 Å². The molecule has 2 N–H and O–H groups in total. The number of rotatable bonds is 11. The number of para-hydroxylation sites is 1. The molecule has 0 spiro atoms. The molecule has 14 heteroatoms. The minimum atomic E-state index is -4.62. The Kier molecular flexibility index (Phi) is 11.0. The van der Waals surface area contributed by atoms with Crippen molar-refractivity contribution in [1.29, 1.82) is 0 Å². The SMILES string of the molecule is Cc1cccc(C)c1NC(=O)c1cnc(Nc2ccc(OCCCN3CCN(C)CC3)c(F)c2)nc1Oc1ccc(C(F)(F)F)cc1Cl. The summed E-state index contributed by atoms with van der Waals surface area (Å²) < 4.78 is 66.1. The topological polar surface area (TPSA) is 91.8 Å². The van der Waals surface area contributed by atoms with Crippen molar-refractivity contribution >= 4 is 34.8 Å². The lowest BCUT2D eigenvalue weighted by molar-refractivity contribution is -0.137. The maximum Gasteiger partial charge on any atom is 0.416 e. The van der Waals surface area contributed by atoms with Crippen molar-refractivity contribution in [2.45, 2.75) is 26.4 Å². The van der Waals surface area contributed by atoms with E-state index in [1.807, 2.05) is 32.0 Å². The summed E-state index contributed by atoms with van der Waals surface area (Å²) in [6.07, 6.45) is -2.67. The van der Waals surface area contributed by atoms with Crippen LogP contribution in [-0.2, 0) is 6.18 Å². The fourth-order valence-corrected chi connectivity index (χ4v) is 5.30. The summed E-state index contributed by atoms with van der Waals surface area (Å²) >= 11 is 6.14. The van der Waals surface area contributed by atoms with Crippen LogP contribution >= 0.6 is 11.6 Å². The second kappa shape index (κ2) is 15.2. The van der Waals surface area contributed by atoms with Crippen LogP contribution in [0.1, 0.15) is 33.5 Å². The monoisotopic (exact) mass is 686 g/mol. The lowest BCUT2D eigenvalue weighted by atomic mass is 10.1. The Bertz CT molecular complexity index is 1750. The van der Waals surface area contributed by atoms with Crippen LogP contribution in [-0.4, -0.2) is 72.1 Å². The van der Waals surface area contributed by atoms with Crippen LogP contribution in [0.2, 0.25) is 5.02 Å². The van der Waals surface area contributed by atoms with E-state index in [9.17, 15) is 22.4 Å². The Morgan fingerprint density at radius 2 is 1.71 bits per heavy atom. The second-order valence-electron chi connectivity index (χ2n) is 11.5. The summed E-state index contributed by atoms with van der Waals surface area (Å²) in [4.78, 5) is 26.6. The van der Waals surface area contributed by atoms with E-state index in [0.717, 1.165) is 62.4 Å². The van der Waals surface area contributed by atoms with Crippen molar-refractivity contribution in [3.8, 4) is 17.4 Å². The number of carbonyl (C=O) groups excluding carboxylic acids is 1. The fourth-order valence-electron chi connectivity index (χ4n) is 5.08. The van der Waals surface area contributed by atoms with Gasteiger partial charge in [-0.05, 0) is 68.8 Å². The number of aryl methyl sites for hydroxylation is 2. The van der Waals surface area contributed by atoms with Crippen LogP contribution in [0, 0.1) is 19.7 Å². The number of hydrogen-bond acceptors (Lipinski definition) is 8. The van der Waals surface area contributed by atoms with Crippen molar-refractivity contribution in [3.05, 3.63) is 93.9 Å². The number of likely N-dealkylation sites (N-methyl/N-ethyl adjacent to an activating group) is 1. The highest BCUT2D eigenvalue weighted by molar-refractivity contribution is 6.32. The zero-order valence-corrected chi connectivity index (χ0v) is 27.4. The first-order chi connectivity index (χ1) is 22.9. The lowest BCUT2D eigenvalue weighted by Crippen LogP contribution is -2.44. The Balaban J connectivity index is 1.33. The van der Waals surface area contributed by atoms with E-state index in [-0.39, 0.29) is 39.6 Å². The maximum absolute atomic E-state index is 15.0. The number of amides is 1. The molecule has 48 heavy (non-hydrogen) atoms. The van der Waals surface area contributed by atoms with E-state index in [2.05, 4.69) is 37.4 Å². The normalized spacial score (nSPS) is 14.1. The quantitative estimate of drug-likeness (QED) is 0.123. The summed E-state index contributed by atoms with van der Waals surface area (Å²) in [7, 11) is 2.10. The highest BCUT2D eigenvalue weighted by Crippen LogP contribution is 2.37. The van der Waals surface area contributed by atoms with E-state index >= 15 is 0 Å². The van der Waals surface area contributed by atoms with E-state index in [4.69, 9.17) is 21.1 Å². The highest BCUT2D eigenvalue weighted by Gasteiger charge is 2.31. The van der Waals surface area contributed by atoms with E-state index in [1.54, 1.807) is 6.07 Å². The Hall–Kier alpha value is -4.46. The zero-order valence-electron chi connectivity index (χ0n) is 26.6. The third-order valence-electron chi connectivity index (χ3n) is 7.84. The van der Waals surface area contributed by atoms with Gasteiger partial charge in [0.1, 0.15) is 11.3 Å². The molecule has 0 bridgehead atoms. The van der Waals surface area contributed by atoms with Gasteiger partial charge in [0.2, 0.25) is 11.8 Å². The van der Waals surface area contributed by atoms with Crippen molar-refractivity contribution in [3.63, 3.8) is 0 Å². The van der Waals surface area contributed by atoms with Gasteiger partial charge in [-0.15, -0.1) is 0 Å². The molecule has 0 aliphatic carbocycles. The lowest BCUT2D eigenvalue weighted by Gasteiger charge is -2.32. The van der Waals surface area contributed by atoms with Gasteiger partial charge in [-0.2, -0.15) is 18.2 Å². The standard InChI is InChI=1S/C34H35ClF4N6O3/c1-21-6-4-7-22(2)30(21)42-31(46)25-20-40-33(43-32(25)48-28-10-8-23(18-26(28)35)34(37,38)39)41-24-9-11-29(27(36)19-24)47-17-5-12-45-15-13-44(3)14-16-45/h4,6-11,18-20H,5,12-17H2,1-3H3,(H,42,46)(H,40,41,43). The minimum Gasteiger partial charge on any atom is -0.490 e. The number of benzene rings is 3. The summed E-state index contributed by atoms with van der Waals surface area (Å²) in [5.74, 6) is -1.67. The average Bonchev–Trinajstić information content (AvgIpc) is 3.03. The van der Waals surface area contributed by atoms with Crippen LogP contribution in [0.4, 0.5) is 34.9 Å². The van der Waals surface area contributed by atoms with Gasteiger partial charge in [-0.1, -0.05) is 29.8 Å². The van der Waals surface area contributed by atoms with Gasteiger partial charge in [0, 0.05) is 56.4 Å². The second-order valence-corrected chi connectivity index (χ2v) is 11.9. The molecule has 0 atom stereocenters. The predicted octanol–water partition coefficient (Wildman–Crippen LogP) is 7.71. The maximum atomic E-state index is 15.0. The third-order valence-corrected chi connectivity index (χ3v) is 8.14. The van der Waals surface area contributed by atoms with Crippen LogP contribution in [0.3, 0.4) is 0 Å². The average molecular weight is 687 g/mol. The summed E-state index contributed by atoms with van der Waals surface area (Å²) in [6, 6.07) is 12.3. The van der Waals surface area contributed by atoms with Crippen molar-refractivity contribution in [2.75, 3.05) is 57.0 Å². The number of nitrogens with one attached hydrogen (secondary N) is 2. The molecule has 0 unspecified atom stereocenters. The third kappa shape index (κ3) is 8.91. The molecule has 5 rings (SSSR count). The number of halogens is 5. The van der Waals surface area contributed by atoms with Gasteiger partial charge in [-0.25, -0.2) is 9.37 Å². The van der Waals surface area contributed by atoms with E-state index in [0.29, 0.717) is 18.4 Å². The molecule has 3 aromatic carbocycles. The first-order valence-corrected chi connectivity index (χ1v) is 15.6. The Morgan fingerprint density at radius 1 is 1.00 bits per heavy atom. The number of hydrogen-bond donors (Lipinski definition) is 2. The molecule has 0 radical (unpaired) electrons.